The van der Waals surface area contributed by atoms with Crippen LogP contribution in [-0.2, 0) is 20.8 Å². The van der Waals surface area contributed by atoms with Crippen molar-refractivity contribution in [3.05, 3.63) is 35.4 Å². The summed E-state index contributed by atoms with van der Waals surface area (Å²) in [6, 6.07) is 4.03. The molecule has 0 aromatic heterocycles. The van der Waals surface area contributed by atoms with E-state index in [0.717, 1.165) is 24.6 Å². The van der Waals surface area contributed by atoms with Gasteiger partial charge in [-0.1, -0.05) is 6.07 Å². The fourth-order valence-electron chi connectivity index (χ4n) is 4.29. The van der Waals surface area contributed by atoms with E-state index in [1.165, 1.54) is 6.07 Å². The van der Waals surface area contributed by atoms with Crippen molar-refractivity contribution < 1.29 is 31.2 Å². The van der Waals surface area contributed by atoms with Crippen molar-refractivity contribution in [3.63, 3.8) is 0 Å². The van der Waals surface area contributed by atoms with Gasteiger partial charge in [0.2, 0.25) is 5.91 Å². The highest BCUT2D eigenvalue weighted by Gasteiger charge is 2.39. The average molecular weight is 534 g/mol. The lowest BCUT2D eigenvalue weighted by Crippen LogP contribution is -2.53. The predicted molar refractivity (Wildman–Crippen MR) is 133 cm³/mol. The first-order valence-electron chi connectivity index (χ1n) is 12.1. The van der Waals surface area contributed by atoms with Crippen LogP contribution >= 0.6 is 0 Å². The molecule has 1 fully saturated rings. The van der Waals surface area contributed by atoms with Gasteiger partial charge in [0, 0.05) is 23.7 Å². The highest BCUT2D eigenvalue weighted by atomic mass is 32.2. The smallest absolute Gasteiger partial charge is 0.352 e. The maximum absolute atomic E-state index is 13.0. The lowest BCUT2D eigenvalue weighted by atomic mass is 9.81. The van der Waals surface area contributed by atoms with E-state index < -0.39 is 50.7 Å². The average Bonchev–Trinajstić information content (AvgIpc) is 2.76. The number of sulfone groups is 1. The van der Waals surface area contributed by atoms with Gasteiger partial charge in [0.25, 0.3) is 5.91 Å². The monoisotopic (exact) mass is 533 g/mol. The molecule has 1 aliphatic carbocycles. The van der Waals surface area contributed by atoms with Crippen LogP contribution in [-0.4, -0.2) is 67.3 Å². The summed E-state index contributed by atoms with van der Waals surface area (Å²) in [5, 5.41) is 5.21. The van der Waals surface area contributed by atoms with E-state index in [2.05, 4.69) is 29.4 Å². The summed E-state index contributed by atoms with van der Waals surface area (Å²) in [4.78, 5) is 27.2. The minimum atomic E-state index is -4.58. The first-order valence-corrected chi connectivity index (χ1v) is 13.8. The Balaban J connectivity index is 2.08. The van der Waals surface area contributed by atoms with Gasteiger partial charge in [0.1, 0.15) is 0 Å². The number of benzene rings is 1. The lowest BCUT2D eigenvalue weighted by molar-refractivity contribution is -0.137. The highest BCUT2D eigenvalue weighted by Crippen LogP contribution is 2.32. The summed E-state index contributed by atoms with van der Waals surface area (Å²) >= 11 is 0. The van der Waals surface area contributed by atoms with Crippen molar-refractivity contribution in [1.82, 2.24) is 15.5 Å². The Morgan fingerprint density at radius 2 is 1.78 bits per heavy atom. The van der Waals surface area contributed by atoms with Crippen LogP contribution in [0.2, 0.25) is 0 Å². The lowest BCUT2D eigenvalue weighted by Gasteiger charge is -2.42. The second-order valence-electron chi connectivity index (χ2n) is 10.8. The maximum atomic E-state index is 13.0. The molecule has 2 N–H and O–H groups in total. The molecule has 1 saturated carbocycles. The molecule has 0 saturated heterocycles. The zero-order valence-corrected chi connectivity index (χ0v) is 22.6. The van der Waals surface area contributed by atoms with E-state index in [-0.39, 0.29) is 29.3 Å². The number of nitrogens with zero attached hydrogens (tertiary/aromatic N) is 1. The molecule has 1 aromatic rings. The molecule has 3 atom stereocenters. The zero-order valence-electron chi connectivity index (χ0n) is 21.8. The van der Waals surface area contributed by atoms with Crippen LogP contribution in [0.15, 0.2) is 24.3 Å². The first-order chi connectivity index (χ1) is 16.4. The Morgan fingerprint density at radius 1 is 1.14 bits per heavy atom. The summed E-state index contributed by atoms with van der Waals surface area (Å²) in [7, 11) is -1.44. The van der Waals surface area contributed by atoms with Gasteiger partial charge in [-0.25, -0.2) is 8.42 Å². The summed E-state index contributed by atoms with van der Waals surface area (Å²) in [5.74, 6) is -1.70. The molecule has 36 heavy (non-hydrogen) atoms. The number of carbonyl (C=O) groups is 2. The Bertz CT molecular complexity index is 1040. The molecular weight excluding hydrogens is 495 g/mol. The molecule has 0 heterocycles. The van der Waals surface area contributed by atoms with Crippen LogP contribution < -0.4 is 10.6 Å². The SMILES string of the molecule is CC(C)N(C)[C@@H]1CC[C@H](NC(=O)CNC(=O)c2cccc(C(F)(F)F)c2)[C@@H](CS(=O)(=O)C(C)(C)C)C1. The normalized spacial score (nSPS) is 21.5. The molecule has 1 aromatic carbocycles. The third kappa shape index (κ3) is 7.93. The fourth-order valence-corrected chi connectivity index (χ4v) is 5.73. The molecule has 0 bridgehead atoms. The summed E-state index contributed by atoms with van der Waals surface area (Å²) in [6.45, 7) is 8.67. The van der Waals surface area contributed by atoms with E-state index in [4.69, 9.17) is 0 Å². The molecular formula is C25H38F3N3O4S. The van der Waals surface area contributed by atoms with Crippen molar-refractivity contribution in [2.75, 3.05) is 19.3 Å². The van der Waals surface area contributed by atoms with Crippen molar-refractivity contribution >= 4 is 21.7 Å². The molecule has 0 spiro atoms. The molecule has 2 rings (SSSR count). The third-order valence-electron chi connectivity index (χ3n) is 6.92. The molecule has 0 radical (unpaired) electrons. The first kappa shape index (κ1) is 30.1. The molecule has 2 amide bonds. The van der Waals surface area contributed by atoms with E-state index in [9.17, 15) is 31.2 Å². The van der Waals surface area contributed by atoms with Crippen LogP contribution in [0.3, 0.4) is 0 Å². The molecule has 0 unspecified atom stereocenters. The van der Waals surface area contributed by atoms with Crippen LogP contribution in [0.1, 0.15) is 69.8 Å². The van der Waals surface area contributed by atoms with Gasteiger partial charge < -0.3 is 15.5 Å². The summed E-state index contributed by atoms with van der Waals surface area (Å²) in [6.07, 6.45) is -2.62. The van der Waals surface area contributed by atoms with Gasteiger partial charge in [-0.05, 0) is 85.0 Å². The van der Waals surface area contributed by atoms with E-state index in [1.807, 2.05) is 7.05 Å². The van der Waals surface area contributed by atoms with E-state index in [0.29, 0.717) is 12.8 Å². The van der Waals surface area contributed by atoms with Crippen molar-refractivity contribution in [1.29, 1.82) is 0 Å². The van der Waals surface area contributed by atoms with Crippen molar-refractivity contribution in [2.24, 2.45) is 5.92 Å². The number of halogens is 3. The molecule has 7 nitrogen and oxygen atoms in total. The maximum Gasteiger partial charge on any atom is 0.416 e. The Hall–Kier alpha value is -2.14. The number of rotatable bonds is 8. The van der Waals surface area contributed by atoms with Crippen molar-refractivity contribution in [3.8, 4) is 0 Å². The number of alkyl halides is 3. The quantitative estimate of drug-likeness (QED) is 0.532. The van der Waals surface area contributed by atoms with Gasteiger partial charge in [0.05, 0.1) is 22.6 Å². The molecule has 11 heteroatoms. The highest BCUT2D eigenvalue weighted by molar-refractivity contribution is 7.92. The summed E-state index contributed by atoms with van der Waals surface area (Å²) < 4.78 is 63.7. The number of carbonyl (C=O) groups excluding carboxylic acids is 2. The van der Waals surface area contributed by atoms with Crippen LogP contribution in [0, 0.1) is 5.92 Å². The number of hydrogen-bond donors (Lipinski definition) is 2. The molecule has 0 aliphatic heterocycles. The minimum Gasteiger partial charge on any atom is -0.352 e. The van der Waals surface area contributed by atoms with E-state index in [1.54, 1.807) is 20.8 Å². The molecule has 204 valence electrons. The topological polar surface area (TPSA) is 95.6 Å². The van der Waals surface area contributed by atoms with Gasteiger partial charge in [0.15, 0.2) is 9.84 Å². The van der Waals surface area contributed by atoms with Gasteiger partial charge in [-0.3, -0.25) is 9.59 Å². The predicted octanol–water partition coefficient (Wildman–Crippen LogP) is 3.64. The Labute approximate surface area is 212 Å². The third-order valence-corrected chi connectivity index (χ3v) is 9.65. The Morgan fingerprint density at radius 3 is 2.33 bits per heavy atom. The Kier molecular flexibility index (Phi) is 9.61. The number of nitrogens with one attached hydrogen (secondary N) is 2. The van der Waals surface area contributed by atoms with Crippen LogP contribution in [0.5, 0.6) is 0 Å². The second-order valence-corrected chi connectivity index (χ2v) is 13.6. The van der Waals surface area contributed by atoms with Gasteiger partial charge >= 0.3 is 6.18 Å². The van der Waals surface area contributed by atoms with E-state index >= 15 is 0 Å². The number of amides is 2. The second kappa shape index (κ2) is 11.5. The standard InChI is InChI=1S/C25H38F3N3O4S/c1-16(2)31(6)20-10-11-21(18(13-20)15-36(34,35)24(3,4)5)30-22(32)14-29-23(33)17-8-7-9-19(12-17)25(26,27)28/h7-9,12,16,18,20-21H,10-11,13-15H2,1-6H3,(H,29,33)(H,30,32)/t18-,20-,21+/m1/s1. The van der Waals surface area contributed by atoms with Crippen LogP contribution in [0.25, 0.3) is 0 Å². The fraction of sp³-hybridized carbons (Fsp3) is 0.680. The number of hydrogen-bond acceptors (Lipinski definition) is 5. The molecule has 1 aliphatic rings. The largest absolute Gasteiger partial charge is 0.416 e. The van der Waals surface area contributed by atoms with Crippen molar-refractivity contribution in [2.45, 2.75) is 82.9 Å². The summed E-state index contributed by atoms with van der Waals surface area (Å²) in [5.41, 5.74) is -1.16. The van der Waals surface area contributed by atoms with Gasteiger partial charge in [-0.2, -0.15) is 13.2 Å². The zero-order chi connectivity index (χ0) is 27.5. The van der Waals surface area contributed by atoms with Gasteiger partial charge in [-0.15, -0.1) is 0 Å². The minimum absolute atomic E-state index is 0.0690. The van der Waals surface area contributed by atoms with Crippen LogP contribution in [0.4, 0.5) is 13.2 Å².